The first-order valence-electron chi connectivity index (χ1n) is 7.58. The monoisotopic (exact) mass is 415 g/mol. The van der Waals surface area contributed by atoms with Gasteiger partial charge in [-0.15, -0.1) is 10.2 Å². The largest absolute Gasteiger partial charge is 0.397 e. The van der Waals surface area contributed by atoms with E-state index in [0.717, 1.165) is 6.07 Å². The molecule has 0 aliphatic rings. The number of fused-ring (bicyclic) bond motifs is 1. The molecule has 0 saturated heterocycles. The van der Waals surface area contributed by atoms with E-state index in [2.05, 4.69) is 10.2 Å². The first-order valence-corrected chi connectivity index (χ1v) is 9.89. The Kier molecular flexibility index (Phi) is 4.96. The number of hydrogen-bond donors (Lipinski definition) is 1. The molecule has 3 aromatic carbocycles. The lowest BCUT2D eigenvalue weighted by Crippen LogP contribution is -1.94. The molecule has 0 fully saturated rings. The summed E-state index contributed by atoms with van der Waals surface area (Å²) < 4.78 is 23.6. The van der Waals surface area contributed by atoms with Gasteiger partial charge in [0.1, 0.15) is 17.4 Å². The predicted octanol–water partition coefficient (Wildman–Crippen LogP) is 4.54. The number of nitrogen functional groups attached to an aromatic ring is 1. The van der Waals surface area contributed by atoms with Crippen molar-refractivity contribution in [1.82, 2.24) is 0 Å². The molecule has 0 amide bonds. The lowest BCUT2D eigenvalue weighted by Gasteiger charge is -2.08. The fourth-order valence-corrected chi connectivity index (χ4v) is 3.66. The fourth-order valence-electron chi connectivity index (χ4n) is 2.57. The molecule has 11 heteroatoms. The Morgan fingerprint density at radius 2 is 1.86 bits per heavy atom. The van der Waals surface area contributed by atoms with Crippen LogP contribution < -0.4 is 5.73 Å². The van der Waals surface area contributed by atoms with Gasteiger partial charge in [-0.25, -0.2) is 8.42 Å². The Morgan fingerprint density at radius 1 is 1.11 bits per heavy atom. The average molecular weight is 416 g/mol. The van der Waals surface area contributed by atoms with Gasteiger partial charge in [0.15, 0.2) is 0 Å². The van der Waals surface area contributed by atoms with Crippen molar-refractivity contribution >= 4 is 53.3 Å². The molecule has 0 aromatic heterocycles. The van der Waals surface area contributed by atoms with E-state index in [9.17, 15) is 23.8 Å². The van der Waals surface area contributed by atoms with Gasteiger partial charge in [0.2, 0.25) is 0 Å². The van der Waals surface area contributed by atoms with E-state index in [1.807, 2.05) is 6.07 Å². The summed E-state index contributed by atoms with van der Waals surface area (Å²) in [6.07, 6.45) is 0. The summed E-state index contributed by atoms with van der Waals surface area (Å²) >= 11 is 0. The van der Waals surface area contributed by atoms with Crippen LogP contribution in [0.3, 0.4) is 0 Å². The number of nitrogens with zero attached hydrogens (tertiary/aromatic N) is 4. The van der Waals surface area contributed by atoms with E-state index in [4.69, 9.17) is 16.4 Å². The third-order valence-corrected chi connectivity index (χ3v) is 5.24. The second kappa shape index (κ2) is 7.22. The van der Waals surface area contributed by atoms with Crippen LogP contribution in [0.1, 0.15) is 5.56 Å². The van der Waals surface area contributed by atoms with Gasteiger partial charge in [-0.3, -0.25) is 10.1 Å². The highest BCUT2D eigenvalue weighted by Crippen LogP contribution is 2.37. The molecule has 3 rings (SSSR count). The molecule has 0 aliphatic heterocycles. The van der Waals surface area contributed by atoms with Crippen molar-refractivity contribution < 1.29 is 13.3 Å². The summed E-state index contributed by atoms with van der Waals surface area (Å²) in [5.41, 5.74) is 6.17. The zero-order chi connectivity index (χ0) is 20.5. The summed E-state index contributed by atoms with van der Waals surface area (Å²) in [7, 11) is 1.48. The maximum atomic E-state index is 11.8. The number of nitrogens with two attached hydrogens (primary N) is 1. The van der Waals surface area contributed by atoms with Crippen LogP contribution >= 0.6 is 10.7 Å². The van der Waals surface area contributed by atoms with Crippen molar-refractivity contribution in [3.63, 3.8) is 0 Å². The number of anilines is 1. The molecule has 28 heavy (non-hydrogen) atoms. The molecule has 0 atom stereocenters. The second-order valence-corrected chi connectivity index (χ2v) is 8.10. The lowest BCUT2D eigenvalue weighted by molar-refractivity contribution is -0.384. The third-order valence-electron chi connectivity index (χ3n) is 3.86. The SMILES string of the molecule is N#Cc1cc([N+](=O)[O-])ccc1N=Nc1c(N)ccc2c(S(=O)(=O)Cl)cccc12. The number of non-ortho nitro benzene ring substituents is 1. The van der Waals surface area contributed by atoms with Gasteiger partial charge in [0.25, 0.3) is 14.7 Å². The molecule has 0 radical (unpaired) electrons. The van der Waals surface area contributed by atoms with Crippen LogP contribution in [0.2, 0.25) is 0 Å². The van der Waals surface area contributed by atoms with Crippen molar-refractivity contribution in [3.05, 3.63) is 64.2 Å². The summed E-state index contributed by atoms with van der Waals surface area (Å²) in [6, 6.07) is 12.8. The number of nitriles is 1. The number of hydrogen-bond acceptors (Lipinski definition) is 8. The lowest BCUT2D eigenvalue weighted by atomic mass is 10.1. The zero-order valence-corrected chi connectivity index (χ0v) is 15.5. The summed E-state index contributed by atoms with van der Waals surface area (Å²) in [5.74, 6) is 0. The van der Waals surface area contributed by atoms with E-state index in [1.54, 1.807) is 6.07 Å². The molecule has 0 aliphatic carbocycles. The van der Waals surface area contributed by atoms with E-state index in [1.165, 1.54) is 36.4 Å². The second-order valence-electron chi connectivity index (χ2n) is 5.56. The third kappa shape index (κ3) is 3.62. The predicted molar refractivity (Wildman–Crippen MR) is 103 cm³/mol. The number of rotatable bonds is 4. The minimum absolute atomic E-state index is 0.0409. The number of benzene rings is 3. The van der Waals surface area contributed by atoms with Crippen LogP contribution in [0.25, 0.3) is 10.8 Å². The van der Waals surface area contributed by atoms with Gasteiger partial charge >= 0.3 is 0 Å². The Bertz CT molecular complexity index is 1300. The van der Waals surface area contributed by atoms with Gasteiger partial charge in [-0.05, 0) is 18.2 Å². The Morgan fingerprint density at radius 3 is 2.50 bits per heavy atom. The molecule has 0 unspecified atom stereocenters. The van der Waals surface area contributed by atoms with Crippen LogP contribution in [0, 0.1) is 21.4 Å². The van der Waals surface area contributed by atoms with Crippen LogP contribution in [0.5, 0.6) is 0 Å². The van der Waals surface area contributed by atoms with E-state index in [-0.39, 0.29) is 33.2 Å². The van der Waals surface area contributed by atoms with E-state index in [0.29, 0.717) is 10.8 Å². The first-order chi connectivity index (χ1) is 13.2. The van der Waals surface area contributed by atoms with Gasteiger partial charge in [-0.2, -0.15) is 5.26 Å². The van der Waals surface area contributed by atoms with Crippen LogP contribution in [0.4, 0.5) is 22.7 Å². The molecule has 9 nitrogen and oxygen atoms in total. The zero-order valence-electron chi connectivity index (χ0n) is 13.9. The van der Waals surface area contributed by atoms with E-state index >= 15 is 0 Å². The van der Waals surface area contributed by atoms with Crippen LogP contribution in [0.15, 0.2) is 63.7 Å². The summed E-state index contributed by atoms with van der Waals surface area (Å²) in [5, 5.41) is 28.7. The van der Waals surface area contributed by atoms with Gasteiger partial charge in [-0.1, -0.05) is 18.2 Å². The molecular formula is C17H10ClN5O4S. The quantitative estimate of drug-likeness (QED) is 0.217. The minimum atomic E-state index is -4.00. The minimum Gasteiger partial charge on any atom is -0.397 e. The summed E-state index contributed by atoms with van der Waals surface area (Å²) in [4.78, 5) is 10.1. The molecule has 2 N–H and O–H groups in total. The summed E-state index contributed by atoms with van der Waals surface area (Å²) in [6.45, 7) is 0. The maximum absolute atomic E-state index is 11.8. The van der Waals surface area contributed by atoms with E-state index < -0.39 is 14.0 Å². The van der Waals surface area contributed by atoms with Crippen molar-refractivity contribution in [1.29, 1.82) is 5.26 Å². The highest BCUT2D eigenvalue weighted by atomic mass is 35.7. The number of nitro benzene ring substituents is 1. The van der Waals surface area contributed by atoms with Gasteiger partial charge < -0.3 is 5.73 Å². The van der Waals surface area contributed by atoms with Crippen molar-refractivity contribution in [3.8, 4) is 6.07 Å². The Balaban J connectivity index is 2.17. The Labute approximate surface area is 163 Å². The molecule has 0 bridgehead atoms. The molecule has 0 spiro atoms. The maximum Gasteiger partial charge on any atom is 0.270 e. The molecular weight excluding hydrogens is 406 g/mol. The number of nitro groups is 1. The number of halogens is 1. The van der Waals surface area contributed by atoms with Gasteiger partial charge in [0.05, 0.1) is 21.1 Å². The van der Waals surface area contributed by atoms with Crippen molar-refractivity contribution in [2.75, 3.05) is 5.73 Å². The Hall–Kier alpha value is -3.55. The van der Waals surface area contributed by atoms with Crippen molar-refractivity contribution in [2.24, 2.45) is 10.2 Å². The highest BCUT2D eigenvalue weighted by molar-refractivity contribution is 8.14. The standard InChI is InChI=1S/C17H10ClN5O4S/c18-28(26,27)16-3-1-2-13-12(16)5-6-14(20)17(13)22-21-15-7-4-11(23(24)25)8-10(15)9-19/h1-8H,20H2. The van der Waals surface area contributed by atoms with Crippen LogP contribution in [-0.4, -0.2) is 13.3 Å². The topological polar surface area (TPSA) is 152 Å². The van der Waals surface area contributed by atoms with Gasteiger partial charge in [0, 0.05) is 33.6 Å². The fraction of sp³-hybridized carbons (Fsp3) is 0. The normalized spacial score (nSPS) is 11.6. The van der Waals surface area contributed by atoms with Crippen LogP contribution in [-0.2, 0) is 9.05 Å². The molecule has 3 aromatic rings. The molecule has 0 heterocycles. The van der Waals surface area contributed by atoms with Crippen molar-refractivity contribution in [2.45, 2.75) is 4.90 Å². The highest BCUT2D eigenvalue weighted by Gasteiger charge is 2.17. The number of azo groups is 1. The first kappa shape index (κ1) is 19.2. The molecule has 0 saturated carbocycles. The average Bonchev–Trinajstić information content (AvgIpc) is 2.65. The molecule has 140 valence electrons. The smallest absolute Gasteiger partial charge is 0.270 e.